The smallest absolute Gasteiger partial charge is 0.225 e. The summed E-state index contributed by atoms with van der Waals surface area (Å²) in [6.07, 6.45) is 5.25. The van der Waals surface area contributed by atoms with E-state index in [0.717, 1.165) is 63.0 Å². The third-order valence-corrected chi connectivity index (χ3v) is 7.68. The number of hydrogen-bond donors (Lipinski definition) is 0. The van der Waals surface area contributed by atoms with E-state index in [2.05, 4.69) is 80.1 Å². The molecule has 0 radical (unpaired) electrons. The molecule has 2 fully saturated rings. The average Bonchev–Trinajstić information content (AvgIpc) is 2.89. The molecule has 1 aromatic heterocycles. The first-order chi connectivity index (χ1) is 16.7. The first kappa shape index (κ1) is 22.7. The van der Waals surface area contributed by atoms with Crippen LogP contribution in [-0.2, 0) is 4.79 Å². The van der Waals surface area contributed by atoms with Crippen molar-refractivity contribution in [1.82, 2.24) is 14.9 Å². The number of amides is 1. The molecule has 6 nitrogen and oxygen atoms in total. The fourth-order valence-corrected chi connectivity index (χ4v) is 5.82. The average molecular weight is 474 g/mol. The summed E-state index contributed by atoms with van der Waals surface area (Å²) in [6.45, 7) is 7.16. The first-order valence-electron chi connectivity index (χ1n) is 12.1. The van der Waals surface area contributed by atoms with Crippen LogP contribution in [0.15, 0.2) is 76.9 Å². The van der Waals surface area contributed by atoms with Crippen LogP contribution in [0.2, 0.25) is 0 Å². The third kappa shape index (κ3) is 5.20. The first-order valence-corrected chi connectivity index (χ1v) is 12.9. The number of para-hydroxylation sites is 1. The van der Waals surface area contributed by atoms with Crippen molar-refractivity contribution in [3.63, 3.8) is 0 Å². The van der Waals surface area contributed by atoms with E-state index in [0.29, 0.717) is 5.91 Å². The van der Waals surface area contributed by atoms with Crippen molar-refractivity contribution in [3.8, 4) is 0 Å². The number of aromatic nitrogens is 2. The molecule has 2 aliphatic heterocycles. The van der Waals surface area contributed by atoms with Crippen LogP contribution in [0.25, 0.3) is 0 Å². The van der Waals surface area contributed by atoms with Crippen molar-refractivity contribution in [2.45, 2.75) is 29.7 Å². The van der Waals surface area contributed by atoms with Crippen LogP contribution < -0.4 is 9.80 Å². The lowest BCUT2D eigenvalue weighted by Crippen LogP contribution is -2.51. The molecular weight excluding hydrogens is 442 g/mol. The van der Waals surface area contributed by atoms with Gasteiger partial charge in [-0.1, -0.05) is 47.7 Å². The second-order valence-corrected chi connectivity index (χ2v) is 10.1. The second-order valence-electron chi connectivity index (χ2n) is 9.01. The van der Waals surface area contributed by atoms with Crippen molar-refractivity contribution >= 4 is 29.2 Å². The molecule has 176 valence electrons. The monoisotopic (exact) mass is 473 g/mol. The Bertz CT molecular complexity index is 1110. The number of benzene rings is 2. The number of carbonyl (C=O) groups excluding carboxylic acids is 1. The molecule has 7 heteroatoms. The van der Waals surface area contributed by atoms with Crippen molar-refractivity contribution in [3.05, 3.63) is 72.6 Å². The summed E-state index contributed by atoms with van der Waals surface area (Å²) in [5.74, 6) is 1.35. The minimum absolute atomic E-state index is 0.101. The molecule has 1 amide bonds. The van der Waals surface area contributed by atoms with E-state index in [4.69, 9.17) is 0 Å². The fourth-order valence-electron chi connectivity index (χ4n) is 4.82. The van der Waals surface area contributed by atoms with Gasteiger partial charge in [0.25, 0.3) is 0 Å². The molecule has 2 saturated heterocycles. The van der Waals surface area contributed by atoms with Crippen molar-refractivity contribution in [1.29, 1.82) is 0 Å². The predicted octanol–water partition coefficient (Wildman–Crippen LogP) is 4.50. The van der Waals surface area contributed by atoms with Gasteiger partial charge in [-0.3, -0.25) is 4.79 Å². The van der Waals surface area contributed by atoms with Crippen LogP contribution in [0.3, 0.4) is 0 Å². The van der Waals surface area contributed by atoms with E-state index in [1.54, 1.807) is 24.2 Å². The van der Waals surface area contributed by atoms with Crippen LogP contribution in [-0.4, -0.2) is 60.0 Å². The predicted molar refractivity (Wildman–Crippen MR) is 138 cm³/mol. The number of hydrogen-bond acceptors (Lipinski definition) is 6. The Morgan fingerprint density at radius 3 is 2.32 bits per heavy atom. The molecule has 2 aromatic carbocycles. The van der Waals surface area contributed by atoms with E-state index < -0.39 is 0 Å². The number of rotatable bonds is 5. The maximum absolute atomic E-state index is 13.2. The third-order valence-electron chi connectivity index (χ3n) is 6.71. The maximum atomic E-state index is 13.2. The van der Waals surface area contributed by atoms with Gasteiger partial charge in [0.15, 0.2) is 5.82 Å². The number of aryl methyl sites for hydroxylation is 1. The number of piperazine rings is 1. The summed E-state index contributed by atoms with van der Waals surface area (Å²) >= 11 is 1.66. The largest absolute Gasteiger partial charge is 0.368 e. The van der Waals surface area contributed by atoms with Crippen molar-refractivity contribution in [2.75, 3.05) is 49.1 Å². The molecule has 5 rings (SSSR count). The van der Waals surface area contributed by atoms with E-state index in [1.165, 1.54) is 16.1 Å². The van der Waals surface area contributed by atoms with Gasteiger partial charge in [0.2, 0.25) is 5.91 Å². The van der Waals surface area contributed by atoms with Gasteiger partial charge >= 0.3 is 0 Å². The topological polar surface area (TPSA) is 52.6 Å². The van der Waals surface area contributed by atoms with Gasteiger partial charge in [-0.25, -0.2) is 9.97 Å². The lowest BCUT2D eigenvalue weighted by atomic mass is 9.95. The van der Waals surface area contributed by atoms with E-state index in [9.17, 15) is 4.79 Å². The molecule has 0 unspecified atom stereocenters. The summed E-state index contributed by atoms with van der Waals surface area (Å²) in [4.78, 5) is 30.4. The fraction of sp³-hybridized carbons (Fsp3) is 0.370. The Morgan fingerprint density at radius 1 is 0.853 bits per heavy atom. The molecule has 0 aliphatic carbocycles. The zero-order valence-corrected chi connectivity index (χ0v) is 20.5. The summed E-state index contributed by atoms with van der Waals surface area (Å²) in [5.41, 5.74) is 2.48. The number of nitrogens with zero attached hydrogens (tertiary/aromatic N) is 5. The molecular formula is C27H31N5OS. The van der Waals surface area contributed by atoms with Gasteiger partial charge in [-0.15, -0.1) is 0 Å². The minimum Gasteiger partial charge on any atom is -0.368 e. The second kappa shape index (κ2) is 10.5. The molecule has 0 atom stereocenters. The highest BCUT2D eigenvalue weighted by Crippen LogP contribution is 2.34. The summed E-state index contributed by atoms with van der Waals surface area (Å²) in [5, 5.41) is 0.926. The zero-order valence-electron chi connectivity index (χ0n) is 19.6. The summed E-state index contributed by atoms with van der Waals surface area (Å²) < 4.78 is 0. The Hall–Kier alpha value is -3.06. The molecule has 0 bridgehead atoms. The molecule has 0 saturated carbocycles. The SMILES string of the molecule is Cc1cccc(Sc2nccnc2N2CCC(C(=O)N3CCN(c4ccccc4)CC3)CC2)c1. The Morgan fingerprint density at radius 2 is 1.59 bits per heavy atom. The molecule has 2 aliphatic rings. The van der Waals surface area contributed by atoms with E-state index in [1.807, 2.05) is 6.07 Å². The number of carbonyl (C=O) groups is 1. The number of piperidine rings is 1. The Labute approximate surface area is 206 Å². The highest BCUT2D eigenvalue weighted by Gasteiger charge is 2.31. The number of anilines is 2. The van der Waals surface area contributed by atoms with Gasteiger partial charge in [0, 0.05) is 68.2 Å². The van der Waals surface area contributed by atoms with Gasteiger partial charge in [0.1, 0.15) is 5.03 Å². The maximum Gasteiger partial charge on any atom is 0.225 e. The Kier molecular flexibility index (Phi) is 7.00. The molecule has 0 N–H and O–H groups in total. The van der Waals surface area contributed by atoms with Crippen LogP contribution in [0.5, 0.6) is 0 Å². The van der Waals surface area contributed by atoms with Crippen LogP contribution >= 0.6 is 11.8 Å². The highest BCUT2D eigenvalue weighted by atomic mass is 32.2. The lowest BCUT2D eigenvalue weighted by Gasteiger charge is -2.39. The van der Waals surface area contributed by atoms with Gasteiger partial charge < -0.3 is 14.7 Å². The Balaban J connectivity index is 1.17. The van der Waals surface area contributed by atoms with Crippen molar-refractivity contribution in [2.24, 2.45) is 5.92 Å². The summed E-state index contributed by atoms with van der Waals surface area (Å²) in [7, 11) is 0. The van der Waals surface area contributed by atoms with E-state index in [-0.39, 0.29) is 5.92 Å². The van der Waals surface area contributed by atoms with Gasteiger partial charge in [0.05, 0.1) is 0 Å². The molecule has 3 aromatic rings. The normalized spacial score (nSPS) is 17.1. The van der Waals surface area contributed by atoms with Crippen LogP contribution in [0, 0.1) is 12.8 Å². The van der Waals surface area contributed by atoms with Crippen molar-refractivity contribution < 1.29 is 4.79 Å². The van der Waals surface area contributed by atoms with Crippen LogP contribution in [0.1, 0.15) is 18.4 Å². The summed E-state index contributed by atoms with van der Waals surface area (Å²) in [6, 6.07) is 18.9. The van der Waals surface area contributed by atoms with E-state index >= 15 is 0 Å². The zero-order chi connectivity index (χ0) is 23.3. The minimum atomic E-state index is 0.101. The highest BCUT2D eigenvalue weighted by molar-refractivity contribution is 7.99. The lowest BCUT2D eigenvalue weighted by molar-refractivity contribution is -0.136. The standard InChI is InChI=1S/C27H31N5OS/c1-21-6-5-9-24(20-21)34-26-25(28-12-13-29-26)31-14-10-22(11-15-31)27(33)32-18-16-30(17-19-32)23-7-3-2-4-8-23/h2-9,12-13,20,22H,10-11,14-19H2,1H3. The van der Waals surface area contributed by atoms with Gasteiger partial charge in [-0.2, -0.15) is 0 Å². The molecule has 0 spiro atoms. The molecule has 34 heavy (non-hydrogen) atoms. The van der Waals surface area contributed by atoms with Gasteiger partial charge in [-0.05, 0) is 44.0 Å². The molecule has 3 heterocycles. The van der Waals surface area contributed by atoms with Crippen LogP contribution in [0.4, 0.5) is 11.5 Å². The quantitative estimate of drug-likeness (QED) is 0.544.